The number of aromatic nitrogens is 1. The highest BCUT2D eigenvalue weighted by Gasteiger charge is 2.26. The molecular weight excluding hydrogens is 362 g/mol. The largest absolute Gasteiger partial charge is 0.351 e. The maximum atomic E-state index is 12.8. The highest BCUT2D eigenvalue weighted by molar-refractivity contribution is 7.92. The van der Waals surface area contributed by atoms with Crippen molar-refractivity contribution in [1.29, 1.82) is 0 Å². The minimum absolute atomic E-state index is 0.166. The lowest BCUT2D eigenvalue weighted by atomic mass is 10.1. The van der Waals surface area contributed by atoms with Crippen LogP contribution in [0, 0.1) is 0 Å². The van der Waals surface area contributed by atoms with Gasteiger partial charge in [-0.15, -0.1) is 0 Å². The molecule has 1 aliphatic rings. The Morgan fingerprint density at radius 2 is 1.89 bits per heavy atom. The summed E-state index contributed by atoms with van der Waals surface area (Å²) in [6.07, 6.45) is 3.45. The molecule has 0 radical (unpaired) electrons. The first kappa shape index (κ1) is 17.6. The van der Waals surface area contributed by atoms with E-state index >= 15 is 0 Å². The van der Waals surface area contributed by atoms with Gasteiger partial charge in [0.1, 0.15) is 0 Å². The van der Waals surface area contributed by atoms with E-state index in [4.69, 9.17) is 0 Å². The van der Waals surface area contributed by atoms with Gasteiger partial charge in [0.25, 0.3) is 5.91 Å². The third-order valence-electron chi connectivity index (χ3n) is 4.91. The maximum Gasteiger partial charge on any atom is 0.256 e. The molecule has 1 fully saturated rings. The molecule has 0 aliphatic carbocycles. The summed E-state index contributed by atoms with van der Waals surface area (Å²) in [4.78, 5) is 12.8. The Labute approximate surface area is 158 Å². The van der Waals surface area contributed by atoms with Crippen molar-refractivity contribution in [2.45, 2.75) is 12.8 Å². The van der Waals surface area contributed by atoms with Crippen LogP contribution in [0.5, 0.6) is 0 Å². The third kappa shape index (κ3) is 3.30. The van der Waals surface area contributed by atoms with E-state index in [1.165, 1.54) is 4.31 Å². The molecule has 0 spiro atoms. The zero-order valence-electron chi connectivity index (χ0n) is 15.1. The number of anilines is 2. The maximum absolute atomic E-state index is 12.8. The zero-order chi connectivity index (χ0) is 19.0. The summed E-state index contributed by atoms with van der Waals surface area (Å²) in [5, 5.41) is 3.78. The summed E-state index contributed by atoms with van der Waals surface area (Å²) in [6.45, 7) is 0.475. The Kier molecular flexibility index (Phi) is 4.39. The Hall–Kier alpha value is -2.80. The minimum atomic E-state index is -3.28. The van der Waals surface area contributed by atoms with Crippen molar-refractivity contribution in [2.75, 3.05) is 21.9 Å². The van der Waals surface area contributed by atoms with Gasteiger partial charge in [-0.1, -0.05) is 12.1 Å². The Morgan fingerprint density at radius 1 is 1.07 bits per heavy atom. The number of aryl methyl sites for hydroxylation is 1. The Balaban J connectivity index is 1.62. The second kappa shape index (κ2) is 6.74. The summed E-state index contributed by atoms with van der Waals surface area (Å²) < 4.78 is 28.0. The first-order chi connectivity index (χ1) is 13.0. The van der Waals surface area contributed by atoms with Crippen molar-refractivity contribution in [2.24, 2.45) is 7.05 Å². The number of hydrogen-bond acceptors (Lipinski definition) is 3. The number of benzene rings is 2. The summed E-state index contributed by atoms with van der Waals surface area (Å²) in [5.41, 5.74) is 2.73. The first-order valence-electron chi connectivity index (χ1n) is 8.91. The Bertz CT molecular complexity index is 1120. The predicted molar refractivity (Wildman–Crippen MR) is 108 cm³/mol. The number of amides is 1. The predicted octanol–water partition coefficient (Wildman–Crippen LogP) is 3.36. The van der Waals surface area contributed by atoms with Gasteiger partial charge in [-0.3, -0.25) is 9.10 Å². The van der Waals surface area contributed by atoms with Crippen molar-refractivity contribution in [3.63, 3.8) is 0 Å². The number of carbonyl (C=O) groups is 1. The molecule has 27 heavy (non-hydrogen) atoms. The van der Waals surface area contributed by atoms with Crippen molar-refractivity contribution in [3.8, 4) is 0 Å². The molecule has 0 bridgehead atoms. The standard InChI is InChI=1S/C20H21N3O3S/c1-22-12-10-17-18(8-5-9-19(17)22)20(24)21-15-6-4-7-16(14-15)23-11-2-3-13-27(23,25)26/h4-10,12,14H,2-3,11,13H2,1H3,(H,21,24). The summed E-state index contributed by atoms with van der Waals surface area (Å²) in [5.74, 6) is -0.0509. The van der Waals surface area contributed by atoms with E-state index in [1.54, 1.807) is 30.3 Å². The number of rotatable bonds is 3. The van der Waals surface area contributed by atoms with Gasteiger partial charge in [0.15, 0.2) is 0 Å². The van der Waals surface area contributed by atoms with E-state index in [-0.39, 0.29) is 11.7 Å². The zero-order valence-corrected chi connectivity index (χ0v) is 15.9. The van der Waals surface area contributed by atoms with Crippen molar-refractivity contribution in [1.82, 2.24) is 4.57 Å². The van der Waals surface area contributed by atoms with E-state index in [1.807, 2.05) is 36.0 Å². The molecule has 7 heteroatoms. The van der Waals surface area contributed by atoms with Gasteiger partial charge in [-0.25, -0.2) is 8.42 Å². The molecule has 140 valence electrons. The molecule has 1 aliphatic heterocycles. The van der Waals surface area contributed by atoms with Gasteiger partial charge in [0.2, 0.25) is 10.0 Å². The van der Waals surface area contributed by atoms with Crippen LogP contribution in [0.2, 0.25) is 0 Å². The molecule has 2 aromatic carbocycles. The van der Waals surface area contributed by atoms with E-state index < -0.39 is 10.0 Å². The number of nitrogens with one attached hydrogen (secondary N) is 1. The van der Waals surface area contributed by atoms with E-state index in [2.05, 4.69) is 5.32 Å². The average Bonchev–Trinajstić information content (AvgIpc) is 3.03. The second-order valence-corrected chi connectivity index (χ2v) is 8.78. The van der Waals surface area contributed by atoms with Crippen molar-refractivity contribution < 1.29 is 13.2 Å². The number of carbonyl (C=O) groups excluding carboxylic acids is 1. The fourth-order valence-corrected chi connectivity index (χ4v) is 5.15. The lowest BCUT2D eigenvalue weighted by Crippen LogP contribution is -2.37. The molecule has 2 heterocycles. The molecule has 4 rings (SSSR count). The Morgan fingerprint density at radius 3 is 2.70 bits per heavy atom. The number of fused-ring (bicyclic) bond motifs is 1. The van der Waals surface area contributed by atoms with E-state index in [9.17, 15) is 13.2 Å². The van der Waals surface area contributed by atoms with Crippen LogP contribution in [0.15, 0.2) is 54.7 Å². The van der Waals surface area contributed by atoms with Crippen LogP contribution < -0.4 is 9.62 Å². The van der Waals surface area contributed by atoms with Crippen LogP contribution in [0.3, 0.4) is 0 Å². The lowest BCUT2D eigenvalue weighted by molar-refractivity contribution is 0.102. The molecule has 1 aromatic heterocycles. The number of hydrogen-bond donors (Lipinski definition) is 1. The molecular formula is C20H21N3O3S. The molecule has 0 atom stereocenters. The van der Waals surface area contributed by atoms with Crippen LogP contribution in [-0.2, 0) is 17.1 Å². The van der Waals surface area contributed by atoms with Crippen LogP contribution >= 0.6 is 0 Å². The lowest BCUT2D eigenvalue weighted by Gasteiger charge is -2.28. The van der Waals surface area contributed by atoms with Gasteiger partial charge in [0.05, 0.1) is 11.4 Å². The van der Waals surface area contributed by atoms with Crippen LogP contribution in [0.25, 0.3) is 10.9 Å². The number of nitrogens with zero attached hydrogens (tertiary/aromatic N) is 2. The number of sulfonamides is 1. The van der Waals surface area contributed by atoms with Gasteiger partial charge < -0.3 is 9.88 Å². The SMILES string of the molecule is Cn1ccc2c(C(=O)Nc3cccc(N4CCCCS4(=O)=O)c3)cccc21. The third-order valence-corrected chi connectivity index (χ3v) is 6.78. The van der Waals surface area contributed by atoms with Gasteiger partial charge >= 0.3 is 0 Å². The van der Waals surface area contributed by atoms with Crippen LogP contribution in [-0.4, -0.2) is 31.2 Å². The monoisotopic (exact) mass is 383 g/mol. The minimum Gasteiger partial charge on any atom is -0.351 e. The quantitative estimate of drug-likeness (QED) is 0.754. The fraction of sp³-hybridized carbons (Fsp3) is 0.250. The molecule has 1 saturated heterocycles. The van der Waals surface area contributed by atoms with Crippen molar-refractivity contribution >= 4 is 38.2 Å². The summed E-state index contributed by atoms with van der Waals surface area (Å²) in [7, 11) is -1.35. The normalized spacial score (nSPS) is 16.4. The van der Waals surface area contributed by atoms with E-state index in [0.29, 0.717) is 29.9 Å². The smallest absolute Gasteiger partial charge is 0.256 e. The van der Waals surface area contributed by atoms with Gasteiger partial charge in [0, 0.05) is 41.9 Å². The van der Waals surface area contributed by atoms with Gasteiger partial charge in [-0.05, 0) is 49.2 Å². The molecule has 0 saturated carbocycles. The van der Waals surface area contributed by atoms with Crippen LogP contribution in [0.1, 0.15) is 23.2 Å². The van der Waals surface area contributed by atoms with Crippen LogP contribution in [0.4, 0.5) is 11.4 Å². The highest BCUT2D eigenvalue weighted by Crippen LogP contribution is 2.27. The van der Waals surface area contributed by atoms with Crippen molar-refractivity contribution in [3.05, 3.63) is 60.3 Å². The topological polar surface area (TPSA) is 71.4 Å². The highest BCUT2D eigenvalue weighted by atomic mass is 32.2. The van der Waals surface area contributed by atoms with Gasteiger partial charge in [-0.2, -0.15) is 0 Å². The van der Waals surface area contributed by atoms with E-state index in [0.717, 1.165) is 17.3 Å². The summed E-state index contributed by atoms with van der Waals surface area (Å²) >= 11 is 0. The second-order valence-electron chi connectivity index (χ2n) is 6.76. The summed E-state index contributed by atoms with van der Waals surface area (Å²) in [6, 6.07) is 14.5. The molecule has 0 unspecified atom stereocenters. The molecule has 1 amide bonds. The fourth-order valence-electron chi connectivity index (χ4n) is 3.52. The first-order valence-corrected chi connectivity index (χ1v) is 10.5. The molecule has 1 N–H and O–H groups in total. The molecule has 3 aromatic rings. The average molecular weight is 383 g/mol. The molecule has 6 nitrogen and oxygen atoms in total.